The number of hydrazine groups is 1. The number of hydrogen-bond acceptors (Lipinski definition) is 7. The van der Waals surface area contributed by atoms with Crippen LogP contribution in [0.3, 0.4) is 0 Å². The molecule has 2 aromatic carbocycles. The van der Waals surface area contributed by atoms with Crippen LogP contribution in [0.15, 0.2) is 78.2 Å². The van der Waals surface area contributed by atoms with Crippen LogP contribution in [-0.2, 0) is 22.2 Å². The van der Waals surface area contributed by atoms with Gasteiger partial charge in [0.2, 0.25) is 11.8 Å². The Morgan fingerprint density at radius 2 is 1.63 bits per heavy atom. The van der Waals surface area contributed by atoms with Crippen molar-refractivity contribution in [3.8, 4) is 22.8 Å². The standard InChI is InChI=1S/C25H21F3N6O3S/c1-37-18-8-6-16(7-9-18)14-21(35)30-31-22(36)15-38-24-33-32-23(17-10-12-29-13-11-17)34(24)20-5-3-2-4-19(20)25(26,27)28/h2-13H,14-15H2,1H3,(H,30,35)(H,31,36). The zero-order valence-electron chi connectivity index (χ0n) is 19.9. The number of methoxy groups -OCH3 is 1. The van der Waals surface area contributed by atoms with Crippen LogP contribution in [0.1, 0.15) is 11.1 Å². The summed E-state index contributed by atoms with van der Waals surface area (Å²) in [6, 6.07) is 15.1. The second kappa shape index (κ2) is 11.8. The van der Waals surface area contributed by atoms with E-state index >= 15 is 0 Å². The van der Waals surface area contributed by atoms with Crippen molar-refractivity contribution < 1.29 is 27.5 Å². The minimum Gasteiger partial charge on any atom is -0.497 e. The lowest BCUT2D eigenvalue weighted by Crippen LogP contribution is -2.43. The predicted molar refractivity (Wildman–Crippen MR) is 133 cm³/mol. The van der Waals surface area contributed by atoms with Crippen LogP contribution in [-0.4, -0.2) is 44.4 Å². The number of halogens is 3. The van der Waals surface area contributed by atoms with Gasteiger partial charge in [0.25, 0.3) is 0 Å². The molecule has 0 unspecified atom stereocenters. The minimum atomic E-state index is -4.64. The Morgan fingerprint density at radius 1 is 0.947 bits per heavy atom. The van der Waals surface area contributed by atoms with E-state index in [-0.39, 0.29) is 28.8 Å². The summed E-state index contributed by atoms with van der Waals surface area (Å²) < 4.78 is 47.7. The normalized spacial score (nSPS) is 11.2. The summed E-state index contributed by atoms with van der Waals surface area (Å²) in [6.07, 6.45) is -1.64. The molecule has 0 atom stereocenters. The van der Waals surface area contributed by atoms with E-state index < -0.39 is 23.6 Å². The Balaban J connectivity index is 1.48. The van der Waals surface area contributed by atoms with E-state index in [4.69, 9.17) is 4.74 Å². The maximum atomic E-state index is 13.8. The van der Waals surface area contributed by atoms with Gasteiger partial charge >= 0.3 is 6.18 Å². The van der Waals surface area contributed by atoms with E-state index in [9.17, 15) is 22.8 Å². The fourth-order valence-electron chi connectivity index (χ4n) is 3.46. The number of ether oxygens (including phenoxy) is 1. The molecule has 0 saturated heterocycles. The van der Waals surface area contributed by atoms with Gasteiger partial charge in [-0.1, -0.05) is 36.0 Å². The van der Waals surface area contributed by atoms with E-state index in [1.54, 1.807) is 36.4 Å². The molecule has 4 rings (SSSR count). The molecule has 0 aliphatic carbocycles. The van der Waals surface area contributed by atoms with Gasteiger partial charge in [-0.05, 0) is 42.0 Å². The topological polar surface area (TPSA) is 111 Å². The van der Waals surface area contributed by atoms with Gasteiger partial charge in [0, 0.05) is 18.0 Å². The second-order valence-corrected chi connectivity index (χ2v) is 8.74. The lowest BCUT2D eigenvalue weighted by Gasteiger charge is -2.16. The number of rotatable bonds is 8. The molecular weight excluding hydrogens is 521 g/mol. The third-order valence-corrected chi connectivity index (χ3v) is 6.15. The molecular formula is C25H21F3N6O3S. The number of alkyl halides is 3. The molecule has 0 saturated carbocycles. The van der Waals surface area contributed by atoms with Crippen molar-refractivity contribution in [2.45, 2.75) is 17.8 Å². The first-order valence-electron chi connectivity index (χ1n) is 11.1. The molecule has 0 aliphatic rings. The number of nitrogens with zero attached hydrogens (tertiary/aromatic N) is 4. The van der Waals surface area contributed by atoms with E-state index in [0.29, 0.717) is 16.9 Å². The predicted octanol–water partition coefficient (Wildman–Crippen LogP) is 3.84. The SMILES string of the molecule is COc1ccc(CC(=O)NNC(=O)CSc2nnc(-c3ccncc3)n2-c2ccccc2C(F)(F)F)cc1. The van der Waals surface area contributed by atoms with Crippen LogP contribution in [0.5, 0.6) is 5.75 Å². The Morgan fingerprint density at radius 3 is 2.32 bits per heavy atom. The Hall–Kier alpha value is -4.39. The molecule has 9 nitrogen and oxygen atoms in total. The number of pyridine rings is 1. The molecule has 196 valence electrons. The summed E-state index contributed by atoms with van der Waals surface area (Å²) >= 11 is 0.874. The molecule has 0 aliphatic heterocycles. The number of nitrogens with one attached hydrogen (secondary N) is 2. The quantitative estimate of drug-likeness (QED) is 0.257. The lowest BCUT2D eigenvalue weighted by atomic mass is 10.1. The molecule has 38 heavy (non-hydrogen) atoms. The molecule has 0 fully saturated rings. The highest BCUT2D eigenvalue weighted by atomic mass is 32.2. The molecule has 0 spiro atoms. The summed E-state index contributed by atoms with van der Waals surface area (Å²) in [4.78, 5) is 28.5. The van der Waals surface area contributed by atoms with Crippen molar-refractivity contribution >= 4 is 23.6 Å². The molecule has 2 N–H and O–H groups in total. The fraction of sp³-hybridized carbons (Fsp3) is 0.160. The number of carbonyl (C=O) groups is 2. The van der Waals surface area contributed by atoms with Gasteiger partial charge in [-0.25, -0.2) is 0 Å². The first-order valence-corrected chi connectivity index (χ1v) is 12.1. The van der Waals surface area contributed by atoms with Gasteiger partial charge in [-0.2, -0.15) is 13.2 Å². The summed E-state index contributed by atoms with van der Waals surface area (Å²) in [5.74, 6) is -0.471. The lowest BCUT2D eigenvalue weighted by molar-refractivity contribution is -0.137. The highest BCUT2D eigenvalue weighted by molar-refractivity contribution is 7.99. The van der Waals surface area contributed by atoms with Crippen molar-refractivity contribution in [1.29, 1.82) is 0 Å². The van der Waals surface area contributed by atoms with Crippen LogP contribution in [0.2, 0.25) is 0 Å². The Labute approximate surface area is 219 Å². The van der Waals surface area contributed by atoms with Gasteiger partial charge in [-0.15, -0.1) is 10.2 Å². The average Bonchev–Trinajstić information content (AvgIpc) is 3.35. The molecule has 0 radical (unpaired) electrons. The number of thioether (sulfide) groups is 1. The first kappa shape index (κ1) is 26.7. The maximum absolute atomic E-state index is 13.8. The van der Waals surface area contributed by atoms with E-state index in [1.165, 1.54) is 42.3 Å². The van der Waals surface area contributed by atoms with Crippen LogP contribution in [0.25, 0.3) is 17.1 Å². The summed E-state index contributed by atoms with van der Waals surface area (Å²) in [5.41, 5.74) is 4.76. The highest BCUT2D eigenvalue weighted by Crippen LogP contribution is 2.37. The number of benzene rings is 2. The second-order valence-electron chi connectivity index (χ2n) is 7.80. The third-order valence-electron chi connectivity index (χ3n) is 5.22. The van der Waals surface area contributed by atoms with Gasteiger partial charge in [-0.3, -0.25) is 30.0 Å². The van der Waals surface area contributed by atoms with Crippen molar-refractivity contribution in [2.24, 2.45) is 0 Å². The largest absolute Gasteiger partial charge is 0.497 e. The van der Waals surface area contributed by atoms with Crippen molar-refractivity contribution in [2.75, 3.05) is 12.9 Å². The number of carbonyl (C=O) groups excluding carboxylic acids is 2. The van der Waals surface area contributed by atoms with Crippen LogP contribution in [0, 0.1) is 0 Å². The number of amides is 2. The first-order chi connectivity index (χ1) is 18.3. The molecule has 13 heteroatoms. The summed E-state index contributed by atoms with van der Waals surface area (Å²) in [7, 11) is 1.53. The van der Waals surface area contributed by atoms with E-state index in [2.05, 4.69) is 26.0 Å². The number of para-hydroxylation sites is 1. The summed E-state index contributed by atoms with van der Waals surface area (Å²) in [5, 5.41) is 8.19. The van der Waals surface area contributed by atoms with Crippen molar-refractivity contribution in [3.63, 3.8) is 0 Å². The van der Waals surface area contributed by atoms with E-state index in [0.717, 1.165) is 17.8 Å². The molecule has 4 aromatic rings. The van der Waals surface area contributed by atoms with Gasteiger partial charge in [0.15, 0.2) is 11.0 Å². The molecule has 2 aromatic heterocycles. The number of aromatic nitrogens is 4. The van der Waals surface area contributed by atoms with Crippen LogP contribution < -0.4 is 15.6 Å². The highest BCUT2D eigenvalue weighted by Gasteiger charge is 2.35. The molecule has 2 heterocycles. The van der Waals surface area contributed by atoms with Crippen molar-refractivity contribution in [3.05, 3.63) is 84.2 Å². The average molecular weight is 543 g/mol. The van der Waals surface area contributed by atoms with Crippen LogP contribution >= 0.6 is 11.8 Å². The monoisotopic (exact) mass is 542 g/mol. The zero-order chi connectivity index (χ0) is 27.1. The molecule has 0 bridgehead atoms. The fourth-order valence-corrected chi connectivity index (χ4v) is 4.20. The maximum Gasteiger partial charge on any atom is 0.418 e. The third kappa shape index (κ3) is 6.48. The number of hydrogen-bond donors (Lipinski definition) is 2. The van der Waals surface area contributed by atoms with E-state index in [1.807, 2.05) is 0 Å². The molecule has 2 amide bonds. The minimum absolute atomic E-state index is 0.0231. The summed E-state index contributed by atoms with van der Waals surface area (Å²) in [6.45, 7) is 0. The Bertz CT molecular complexity index is 1410. The van der Waals surface area contributed by atoms with Gasteiger partial charge in [0.05, 0.1) is 30.5 Å². The van der Waals surface area contributed by atoms with Gasteiger partial charge < -0.3 is 4.74 Å². The smallest absolute Gasteiger partial charge is 0.418 e. The van der Waals surface area contributed by atoms with Gasteiger partial charge in [0.1, 0.15) is 5.75 Å². The van der Waals surface area contributed by atoms with Crippen LogP contribution in [0.4, 0.5) is 13.2 Å². The zero-order valence-corrected chi connectivity index (χ0v) is 20.7. The Kier molecular flexibility index (Phi) is 8.26. The van der Waals surface area contributed by atoms with Crippen molar-refractivity contribution in [1.82, 2.24) is 30.6 Å².